The summed E-state index contributed by atoms with van der Waals surface area (Å²) < 4.78 is 0.900. The van der Waals surface area contributed by atoms with Gasteiger partial charge in [0, 0.05) is 23.0 Å². The van der Waals surface area contributed by atoms with Gasteiger partial charge in [-0.1, -0.05) is 40.2 Å². The van der Waals surface area contributed by atoms with Gasteiger partial charge in [0.2, 0.25) is 0 Å². The van der Waals surface area contributed by atoms with Gasteiger partial charge in [-0.2, -0.15) is 0 Å². The van der Waals surface area contributed by atoms with Crippen molar-refractivity contribution in [3.8, 4) is 5.75 Å². The normalized spacial score (nSPS) is 11.4. The van der Waals surface area contributed by atoms with Crippen LogP contribution in [0.5, 0.6) is 5.75 Å². The van der Waals surface area contributed by atoms with Crippen LogP contribution in [0.3, 0.4) is 0 Å². The molecule has 0 unspecified atom stereocenters. The van der Waals surface area contributed by atoms with Crippen LogP contribution in [-0.4, -0.2) is 34.6 Å². The Kier molecular flexibility index (Phi) is 8.61. The van der Waals surface area contributed by atoms with E-state index in [9.17, 15) is 19.8 Å². The number of aliphatic carboxylic acids is 1. The number of hydrogen-bond acceptors (Lipinski definition) is 4. The van der Waals surface area contributed by atoms with Gasteiger partial charge in [-0.3, -0.25) is 9.59 Å². The first-order valence-electron chi connectivity index (χ1n) is 7.48. The number of carbonyl (C=O) groups is 2. The van der Waals surface area contributed by atoms with E-state index in [1.54, 1.807) is 36.4 Å². The number of halogens is 2. The van der Waals surface area contributed by atoms with Gasteiger partial charge in [0.05, 0.1) is 0 Å². The van der Waals surface area contributed by atoms with Gasteiger partial charge in [-0.25, -0.2) is 0 Å². The molecule has 7 heteroatoms. The van der Waals surface area contributed by atoms with E-state index in [1.165, 1.54) is 12.1 Å². The lowest BCUT2D eigenvalue weighted by molar-refractivity contribution is -0.139. The zero-order valence-electron chi connectivity index (χ0n) is 13.3. The van der Waals surface area contributed by atoms with E-state index in [0.717, 1.165) is 10.0 Å². The van der Waals surface area contributed by atoms with Crippen molar-refractivity contribution < 1.29 is 19.8 Å². The maximum Gasteiger partial charge on any atom is 0.321 e. The molecule has 0 aliphatic carbocycles. The first-order chi connectivity index (χ1) is 11.5. The average Bonchev–Trinajstić information content (AvgIpc) is 2.56. The fraction of sp³-hybridized carbons (Fsp3) is 0.222. The van der Waals surface area contributed by atoms with Crippen molar-refractivity contribution in [2.45, 2.75) is 18.9 Å². The van der Waals surface area contributed by atoms with E-state index >= 15 is 0 Å². The lowest BCUT2D eigenvalue weighted by atomic mass is 10.0. The minimum atomic E-state index is -0.973. The molecule has 0 aliphatic rings. The van der Waals surface area contributed by atoms with E-state index in [-0.39, 0.29) is 43.3 Å². The predicted octanol–water partition coefficient (Wildman–Crippen LogP) is 3.43. The molecule has 0 radical (unpaired) electrons. The summed E-state index contributed by atoms with van der Waals surface area (Å²) in [5.74, 6) is -0.874. The Hall–Kier alpha value is -1.89. The van der Waals surface area contributed by atoms with Gasteiger partial charge < -0.3 is 15.5 Å². The molecule has 0 heterocycles. The molecule has 2 aromatic carbocycles. The fourth-order valence-corrected chi connectivity index (χ4v) is 2.52. The first kappa shape index (κ1) is 21.2. The Morgan fingerprint density at radius 3 is 2.20 bits per heavy atom. The number of aromatic hydroxyl groups is 1. The van der Waals surface area contributed by atoms with Crippen molar-refractivity contribution in [3.05, 3.63) is 64.1 Å². The lowest BCUT2D eigenvalue weighted by Gasteiger charge is -2.14. The SMILES string of the molecule is Cl.O=C(CCN[C@H](Cc1ccc(O)cc1)C(=O)O)c1ccc(Br)cc1. The Morgan fingerprint density at radius 2 is 1.64 bits per heavy atom. The molecule has 0 aromatic heterocycles. The molecule has 0 amide bonds. The topological polar surface area (TPSA) is 86.6 Å². The number of carboxylic acids is 1. The molecule has 1 atom stereocenters. The summed E-state index contributed by atoms with van der Waals surface area (Å²) in [6.07, 6.45) is 0.503. The van der Waals surface area contributed by atoms with Crippen LogP contribution in [0.2, 0.25) is 0 Å². The second kappa shape index (κ2) is 10.2. The Bertz CT molecular complexity index is 704. The molecule has 25 heavy (non-hydrogen) atoms. The highest BCUT2D eigenvalue weighted by atomic mass is 79.9. The number of nitrogens with one attached hydrogen (secondary N) is 1. The maximum atomic E-state index is 12.1. The van der Waals surface area contributed by atoms with E-state index in [2.05, 4.69) is 21.2 Å². The summed E-state index contributed by atoms with van der Waals surface area (Å²) >= 11 is 3.31. The second-order valence-electron chi connectivity index (χ2n) is 5.40. The van der Waals surface area contributed by atoms with Gasteiger partial charge in [-0.15, -0.1) is 12.4 Å². The predicted molar refractivity (Wildman–Crippen MR) is 102 cm³/mol. The van der Waals surface area contributed by atoms with Gasteiger partial charge >= 0.3 is 5.97 Å². The number of carboxylic acid groups (broad SMARTS) is 1. The zero-order chi connectivity index (χ0) is 17.5. The van der Waals surface area contributed by atoms with E-state index in [4.69, 9.17) is 0 Å². The summed E-state index contributed by atoms with van der Waals surface area (Å²) in [6.45, 7) is 0.282. The van der Waals surface area contributed by atoms with Crippen LogP contribution in [0.25, 0.3) is 0 Å². The molecule has 5 nitrogen and oxygen atoms in total. The number of rotatable bonds is 8. The van der Waals surface area contributed by atoms with Crippen molar-refractivity contribution in [1.29, 1.82) is 0 Å². The molecule has 0 saturated carbocycles. The smallest absolute Gasteiger partial charge is 0.321 e. The molecular formula is C18H19BrClNO4. The van der Waals surface area contributed by atoms with E-state index in [0.29, 0.717) is 5.56 Å². The number of ketones is 1. The third kappa shape index (κ3) is 6.86. The highest BCUT2D eigenvalue weighted by molar-refractivity contribution is 9.10. The summed E-state index contributed by atoms with van der Waals surface area (Å²) in [5, 5.41) is 21.5. The summed E-state index contributed by atoms with van der Waals surface area (Å²) in [4.78, 5) is 23.4. The van der Waals surface area contributed by atoms with Crippen LogP contribution in [-0.2, 0) is 11.2 Å². The molecule has 0 spiro atoms. The summed E-state index contributed by atoms with van der Waals surface area (Å²) in [6, 6.07) is 12.7. The van der Waals surface area contributed by atoms with Crippen molar-refractivity contribution in [2.75, 3.05) is 6.54 Å². The molecule has 0 bridgehead atoms. The van der Waals surface area contributed by atoms with Crippen molar-refractivity contribution in [2.24, 2.45) is 0 Å². The van der Waals surface area contributed by atoms with Crippen molar-refractivity contribution in [3.63, 3.8) is 0 Å². The molecular weight excluding hydrogens is 410 g/mol. The fourth-order valence-electron chi connectivity index (χ4n) is 2.25. The summed E-state index contributed by atoms with van der Waals surface area (Å²) in [5.41, 5.74) is 1.40. The number of carbonyl (C=O) groups excluding carboxylic acids is 1. The highest BCUT2D eigenvalue weighted by Crippen LogP contribution is 2.13. The minimum Gasteiger partial charge on any atom is -0.508 e. The van der Waals surface area contributed by atoms with Crippen LogP contribution in [0, 0.1) is 0 Å². The van der Waals surface area contributed by atoms with Gasteiger partial charge in [0.15, 0.2) is 5.78 Å². The van der Waals surface area contributed by atoms with Crippen LogP contribution in [0.1, 0.15) is 22.3 Å². The monoisotopic (exact) mass is 427 g/mol. The Labute approximate surface area is 160 Å². The second-order valence-corrected chi connectivity index (χ2v) is 6.31. The van der Waals surface area contributed by atoms with Crippen molar-refractivity contribution >= 4 is 40.1 Å². The van der Waals surface area contributed by atoms with E-state index in [1.807, 2.05) is 0 Å². The standard InChI is InChI=1S/C18H18BrNO4.ClH/c19-14-5-3-13(4-6-14)17(22)9-10-20-16(18(23)24)11-12-1-7-15(21)8-2-12;/h1-8,16,20-21H,9-11H2,(H,23,24);1H/t16-;/m1./s1. The molecule has 0 fully saturated rings. The Balaban J connectivity index is 0.00000312. The molecule has 2 aromatic rings. The minimum absolute atomic E-state index is 0. The molecule has 2 rings (SSSR count). The van der Waals surface area contributed by atoms with Crippen molar-refractivity contribution in [1.82, 2.24) is 5.32 Å². The maximum absolute atomic E-state index is 12.1. The highest BCUT2D eigenvalue weighted by Gasteiger charge is 2.18. The number of phenolic OH excluding ortho intramolecular Hbond substituents is 1. The van der Waals surface area contributed by atoms with Crippen LogP contribution < -0.4 is 5.32 Å². The third-order valence-corrected chi connectivity index (χ3v) is 4.11. The van der Waals surface area contributed by atoms with Gasteiger partial charge in [0.25, 0.3) is 0 Å². The zero-order valence-corrected chi connectivity index (χ0v) is 15.7. The third-order valence-electron chi connectivity index (χ3n) is 3.58. The van der Waals surface area contributed by atoms with Gasteiger partial charge in [0.1, 0.15) is 11.8 Å². The number of benzene rings is 2. The first-order valence-corrected chi connectivity index (χ1v) is 8.28. The largest absolute Gasteiger partial charge is 0.508 e. The number of Topliss-reactive ketones (excluding diaryl/α,β-unsaturated/α-hetero) is 1. The quantitative estimate of drug-likeness (QED) is 0.561. The van der Waals surface area contributed by atoms with Crippen LogP contribution >= 0.6 is 28.3 Å². The molecule has 0 saturated heterocycles. The average molecular weight is 429 g/mol. The molecule has 0 aliphatic heterocycles. The summed E-state index contributed by atoms with van der Waals surface area (Å²) in [7, 11) is 0. The van der Waals surface area contributed by atoms with Gasteiger partial charge in [-0.05, 0) is 36.2 Å². The van der Waals surface area contributed by atoms with Crippen LogP contribution in [0.15, 0.2) is 53.0 Å². The van der Waals surface area contributed by atoms with Crippen LogP contribution in [0.4, 0.5) is 0 Å². The molecule has 134 valence electrons. The lowest BCUT2D eigenvalue weighted by Crippen LogP contribution is -2.39. The number of hydrogen-bond donors (Lipinski definition) is 3. The molecule has 3 N–H and O–H groups in total. The Morgan fingerprint density at radius 1 is 1.04 bits per heavy atom. The van der Waals surface area contributed by atoms with E-state index < -0.39 is 12.0 Å². The number of phenols is 1.